The molecule has 3 atom stereocenters. The summed E-state index contributed by atoms with van der Waals surface area (Å²) >= 11 is 0. The normalized spacial score (nSPS) is 21.9. The monoisotopic (exact) mass is 504 g/mol. The van der Waals surface area contributed by atoms with E-state index in [1.807, 2.05) is 41.6 Å². The van der Waals surface area contributed by atoms with Crippen LogP contribution < -0.4 is 4.74 Å². The third-order valence-electron chi connectivity index (χ3n) is 7.62. The van der Waals surface area contributed by atoms with E-state index < -0.39 is 12.7 Å². The molecule has 3 aromatic heterocycles. The van der Waals surface area contributed by atoms with Crippen molar-refractivity contribution in [1.82, 2.24) is 34.4 Å². The second-order valence-electron chi connectivity index (χ2n) is 9.77. The van der Waals surface area contributed by atoms with Crippen LogP contribution in [-0.2, 0) is 0 Å². The summed E-state index contributed by atoms with van der Waals surface area (Å²) in [4.78, 5) is 10.5. The average molecular weight is 505 g/mol. The minimum absolute atomic E-state index is 0.157. The zero-order valence-electron chi connectivity index (χ0n) is 20.5. The second kappa shape index (κ2) is 9.10. The number of alkyl halides is 2. The Bertz CT molecular complexity index is 1460. The third kappa shape index (κ3) is 3.97. The van der Waals surface area contributed by atoms with E-state index >= 15 is 0 Å². The molecule has 11 heteroatoms. The van der Waals surface area contributed by atoms with Crippen LogP contribution in [0, 0.1) is 18.4 Å². The number of halogens is 2. The fourth-order valence-electron chi connectivity index (χ4n) is 5.84. The number of benzene rings is 1. The molecule has 4 aromatic rings. The molecule has 0 spiro atoms. The molecule has 2 aliphatic rings. The first-order chi connectivity index (χ1) is 17.9. The number of ether oxygens (including phenoxy) is 1. The summed E-state index contributed by atoms with van der Waals surface area (Å²) in [5, 5.41) is 18.5. The van der Waals surface area contributed by atoms with E-state index in [1.54, 1.807) is 18.3 Å². The average Bonchev–Trinajstić information content (AvgIpc) is 3.57. The molecule has 37 heavy (non-hydrogen) atoms. The Morgan fingerprint density at radius 1 is 1.11 bits per heavy atom. The molecule has 0 radical (unpaired) electrons. The predicted octanol–water partition coefficient (Wildman–Crippen LogP) is 5.18. The highest BCUT2D eigenvalue weighted by Gasteiger charge is 2.42. The van der Waals surface area contributed by atoms with Crippen LogP contribution in [0.5, 0.6) is 5.75 Å². The van der Waals surface area contributed by atoms with E-state index in [9.17, 15) is 14.0 Å². The van der Waals surface area contributed by atoms with Crippen molar-refractivity contribution in [1.29, 1.82) is 5.26 Å². The molecule has 0 amide bonds. The van der Waals surface area contributed by atoms with Gasteiger partial charge in [0.25, 0.3) is 0 Å². The van der Waals surface area contributed by atoms with Gasteiger partial charge in [0.05, 0.1) is 22.9 Å². The minimum Gasteiger partial charge on any atom is -0.482 e. The highest BCUT2D eigenvalue weighted by atomic mass is 19.3. The fourth-order valence-corrected chi connectivity index (χ4v) is 5.84. The van der Waals surface area contributed by atoms with Crippen LogP contribution in [0.15, 0.2) is 42.9 Å². The van der Waals surface area contributed by atoms with Crippen LogP contribution in [0.2, 0.25) is 0 Å². The lowest BCUT2D eigenvalue weighted by molar-refractivity contribution is 0.0737. The van der Waals surface area contributed by atoms with Gasteiger partial charge in [-0.1, -0.05) is 11.3 Å². The number of nitriles is 1. The molecule has 0 aliphatic carbocycles. The van der Waals surface area contributed by atoms with Gasteiger partial charge in [0.1, 0.15) is 29.4 Å². The molecule has 6 rings (SSSR count). The first-order valence-electron chi connectivity index (χ1n) is 12.4. The smallest absolute Gasteiger partial charge is 0.320 e. The summed E-state index contributed by atoms with van der Waals surface area (Å²) in [6.07, 6.45) is 8.41. The summed E-state index contributed by atoms with van der Waals surface area (Å²) in [6.45, 7) is 1.03. The van der Waals surface area contributed by atoms with Crippen molar-refractivity contribution in [2.45, 2.75) is 70.3 Å². The Labute approximate surface area is 212 Å². The van der Waals surface area contributed by atoms with Crippen LogP contribution in [0.4, 0.5) is 8.78 Å². The molecule has 0 N–H and O–H groups in total. The van der Waals surface area contributed by atoms with E-state index in [2.05, 4.69) is 26.5 Å². The maximum Gasteiger partial charge on any atom is 0.320 e. The number of aromatic nitrogens is 6. The molecular weight excluding hydrogens is 478 g/mol. The predicted molar refractivity (Wildman–Crippen MR) is 131 cm³/mol. The van der Waals surface area contributed by atoms with E-state index in [0.717, 1.165) is 42.3 Å². The maximum atomic E-state index is 13.8. The number of piperidine rings is 1. The van der Waals surface area contributed by atoms with Crippen molar-refractivity contribution >= 4 is 11.0 Å². The molecule has 2 bridgehead atoms. The third-order valence-corrected chi connectivity index (χ3v) is 7.62. The lowest BCUT2D eigenvalue weighted by atomic mass is 9.97. The van der Waals surface area contributed by atoms with Gasteiger partial charge in [0, 0.05) is 23.8 Å². The number of hydrogen-bond acceptors (Lipinski definition) is 7. The van der Waals surface area contributed by atoms with Crippen molar-refractivity contribution in [3.8, 4) is 23.2 Å². The van der Waals surface area contributed by atoms with Crippen LogP contribution >= 0.6 is 0 Å². The van der Waals surface area contributed by atoms with Crippen LogP contribution in [0.1, 0.15) is 62.7 Å². The van der Waals surface area contributed by atoms with E-state index in [-0.39, 0.29) is 29.4 Å². The van der Waals surface area contributed by atoms with Crippen molar-refractivity contribution in [3.63, 3.8) is 0 Å². The Kier molecular flexibility index (Phi) is 5.74. The number of imidazole rings is 1. The molecular formula is C26H26F2N8O. The minimum atomic E-state index is -2.76. The fraction of sp³-hybridized carbons (Fsp3) is 0.423. The molecule has 2 aliphatic heterocycles. The summed E-state index contributed by atoms with van der Waals surface area (Å²) in [5.74, 6) is 0.276. The Morgan fingerprint density at radius 2 is 1.89 bits per heavy atom. The number of fused-ring (bicyclic) bond motifs is 3. The van der Waals surface area contributed by atoms with E-state index in [4.69, 9.17) is 4.74 Å². The topological polar surface area (TPSA) is 97.7 Å². The number of pyridine rings is 1. The van der Waals surface area contributed by atoms with Gasteiger partial charge in [0.2, 0.25) is 0 Å². The highest BCUT2D eigenvalue weighted by molar-refractivity contribution is 5.87. The van der Waals surface area contributed by atoms with Crippen molar-refractivity contribution in [3.05, 3.63) is 54.2 Å². The lowest BCUT2D eigenvalue weighted by Crippen LogP contribution is -2.40. The van der Waals surface area contributed by atoms with Crippen molar-refractivity contribution in [2.75, 3.05) is 0 Å². The van der Waals surface area contributed by atoms with Gasteiger partial charge in [0.15, 0.2) is 6.19 Å². The maximum absolute atomic E-state index is 13.8. The standard InChI is InChI=1S/C26H26F2N8O/c1-15-24(32-33-36(15)20-11-18-6-7-19(12-20)34(18)13-29)17-9-22-25(35(14-31-22)26(27)28)23(10-17)37-16(2)21-5-3-4-8-30-21/h3-5,8-10,14,16,18-20,26H,6-7,11-12H2,1-2H3/t16-,18?,19?,20?/m1/s1. The number of hydrogen-bond donors (Lipinski definition) is 0. The molecule has 2 unspecified atom stereocenters. The van der Waals surface area contributed by atoms with Crippen molar-refractivity contribution in [2.24, 2.45) is 0 Å². The molecule has 1 aromatic carbocycles. The Morgan fingerprint density at radius 3 is 2.57 bits per heavy atom. The molecule has 0 saturated carbocycles. The largest absolute Gasteiger partial charge is 0.482 e. The van der Waals surface area contributed by atoms with Gasteiger partial charge >= 0.3 is 6.55 Å². The highest BCUT2D eigenvalue weighted by Crippen LogP contribution is 2.42. The SMILES string of the molecule is Cc1c(-c2cc(O[C@H](C)c3ccccn3)c3c(c2)ncn3C(F)F)nnn1C1CC2CCC(C1)N2C#N. The molecule has 190 valence electrons. The van der Waals surface area contributed by atoms with Gasteiger partial charge in [-0.2, -0.15) is 14.0 Å². The zero-order chi connectivity index (χ0) is 25.7. The second-order valence-corrected chi connectivity index (χ2v) is 9.77. The Balaban J connectivity index is 1.38. The number of rotatable bonds is 6. The van der Waals surface area contributed by atoms with Crippen molar-refractivity contribution < 1.29 is 13.5 Å². The number of nitrogens with zero attached hydrogens (tertiary/aromatic N) is 8. The molecule has 2 saturated heterocycles. The first-order valence-corrected chi connectivity index (χ1v) is 12.4. The van der Waals surface area contributed by atoms with Gasteiger partial charge < -0.3 is 9.64 Å². The summed E-state index contributed by atoms with van der Waals surface area (Å²) < 4.78 is 36.6. The van der Waals surface area contributed by atoms with Gasteiger partial charge in [-0.25, -0.2) is 9.67 Å². The summed E-state index contributed by atoms with van der Waals surface area (Å²) in [6, 6.07) is 9.60. The first kappa shape index (κ1) is 23.3. The zero-order valence-corrected chi connectivity index (χ0v) is 20.5. The quantitative estimate of drug-likeness (QED) is 0.334. The summed E-state index contributed by atoms with van der Waals surface area (Å²) in [5.41, 5.74) is 3.51. The van der Waals surface area contributed by atoms with Gasteiger partial charge in [-0.05, 0) is 63.8 Å². The molecule has 9 nitrogen and oxygen atoms in total. The van der Waals surface area contributed by atoms with Crippen LogP contribution in [0.25, 0.3) is 22.3 Å². The lowest BCUT2D eigenvalue weighted by Gasteiger charge is -2.35. The van der Waals surface area contributed by atoms with Gasteiger partial charge in [-0.15, -0.1) is 5.10 Å². The Hall–Kier alpha value is -4.07. The van der Waals surface area contributed by atoms with Crippen LogP contribution in [-0.4, -0.2) is 46.5 Å². The van der Waals surface area contributed by atoms with E-state index in [0.29, 0.717) is 22.5 Å². The summed E-state index contributed by atoms with van der Waals surface area (Å²) in [7, 11) is 0. The van der Waals surface area contributed by atoms with E-state index in [1.165, 1.54) is 0 Å². The van der Waals surface area contributed by atoms with Crippen LogP contribution in [0.3, 0.4) is 0 Å². The molecule has 2 fully saturated rings. The van der Waals surface area contributed by atoms with Gasteiger partial charge in [-0.3, -0.25) is 9.55 Å². The molecule has 5 heterocycles.